The monoisotopic (exact) mass is 281 g/mol. The van der Waals surface area contributed by atoms with Gasteiger partial charge in [-0.25, -0.2) is 9.79 Å². The first-order valence-electron chi connectivity index (χ1n) is 6.72. The Morgan fingerprint density at radius 2 is 1.67 bits per heavy atom. The van der Waals surface area contributed by atoms with Gasteiger partial charge in [0.2, 0.25) is 12.0 Å². The van der Waals surface area contributed by atoms with Gasteiger partial charge in [-0.3, -0.25) is 0 Å². The first-order chi connectivity index (χ1) is 10.3. The van der Waals surface area contributed by atoms with E-state index in [2.05, 4.69) is 4.99 Å². The maximum Gasteiger partial charge on any atom is 0.349 e. The van der Waals surface area contributed by atoms with E-state index in [9.17, 15) is 4.79 Å². The minimum absolute atomic E-state index is 0.381. The molecule has 0 radical (unpaired) electrons. The first kappa shape index (κ1) is 13.4. The lowest BCUT2D eigenvalue weighted by atomic mass is 10.0. The topological polar surface area (TPSA) is 47.9 Å². The summed E-state index contributed by atoms with van der Waals surface area (Å²) in [5, 5.41) is 0. The van der Waals surface area contributed by atoms with Gasteiger partial charge in [-0.2, -0.15) is 0 Å². The number of rotatable bonds is 3. The van der Waals surface area contributed by atoms with Crippen LogP contribution in [0.25, 0.3) is 0 Å². The lowest BCUT2D eigenvalue weighted by Gasteiger charge is -2.15. The van der Waals surface area contributed by atoms with Crippen molar-refractivity contribution in [2.45, 2.75) is 12.1 Å². The van der Waals surface area contributed by atoms with Crippen molar-refractivity contribution in [2.75, 3.05) is 7.11 Å². The molecule has 0 aromatic heterocycles. The summed E-state index contributed by atoms with van der Waals surface area (Å²) in [6.07, 6.45) is -0.743. The van der Waals surface area contributed by atoms with Gasteiger partial charge in [0.25, 0.3) is 0 Å². The Labute approximate surface area is 123 Å². The SMILES string of the molecule is COC(=O)[C@H]1OC(c2ccccc2)=N[C@@H]1c1ccccc1. The number of hydrogen-bond acceptors (Lipinski definition) is 4. The standard InChI is InChI=1S/C17H15NO3/c1-20-17(19)15-14(12-8-4-2-5-9-12)18-16(21-15)13-10-6-3-7-11-13/h2-11,14-15H,1H3/t14-,15+/m1/s1. The lowest BCUT2D eigenvalue weighted by molar-refractivity contribution is -0.149. The van der Waals surface area contributed by atoms with Crippen molar-refractivity contribution in [1.82, 2.24) is 0 Å². The van der Waals surface area contributed by atoms with Crippen molar-refractivity contribution in [3.63, 3.8) is 0 Å². The van der Waals surface area contributed by atoms with Crippen LogP contribution in [0.5, 0.6) is 0 Å². The molecule has 4 nitrogen and oxygen atoms in total. The molecule has 21 heavy (non-hydrogen) atoms. The number of methoxy groups -OCH3 is 1. The fraction of sp³-hybridized carbons (Fsp3) is 0.176. The van der Waals surface area contributed by atoms with E-state index in [1.807, 2.05) is 60.7 Å². The van der Waals surface area contributed by atoms with E-state index >= 15 is 0 Å². The molecule has 0 unspecified atom stereocenters. The van der Waals surface area contributed by atoms with Crippen molar-refractivity contribution in [1.29, 1.82) is 0 Å². The normalized spacial score (nSPS) is 20.5. The van der Waals surface area contributed by atoms with Gasteiger partial charge in [0.15, 0.2) is 0 Å². The molecule has 2 aromatic rings. The van der Waals surface area contributed by atoms with E-state index in [1.54, 1.807) is 0 Å². The summed E-state index contributed by atoms with van der Waals surface area (Å²) in [5.41, 5.74) is 1.78. The second kappa shape index (κ2) is 5.79. The van der Waals surface area contributed by atoms with Crippen LogP contribution in [0.4, 0.5) is 0 Å². The Hall–Kier alpha value is -2.62. The highest BCUT2D eigenvalue weighted by molar-refractivity contribution is 5.98. The first-order valence-corrected chi connectivity index (χ1v) is 6.72. The summed E-state index contributed by atoms with van der Waals surface area (Å²) in [6, 6.07) is 18.8. The van der Waals surface area contributed by atoms with Crippen LogP contribution in [0.2, 0.25) is 0 Å². The summed E-state index contributed by atoms with van der Waals surface area (Å²) in [5.74, 6) is 0.0541. The van der Waals surface area contributed by atoms with E-state index in [0.717, 1.165) is 11.1 Å². The largest absolute Gasteiger partial charge is 0.466 e. The van der Waals surface area contributed by atoms with Crippen LogP contribution in [0.15, 0.2) is 65.7 Å². The maximum atomic E-state index is 12.0. The molecule has 0 fully saturated rings. The van der Waals surface area contributed by atoms with Gasteiger partial charge in [-0.05, 0) is 17.7 Å². The predicted molar refractivity (Wildman–Crippen MR) is 79.1 cm³/mol. The molecule has 0 N–H and O–H groups in total. The fourth-order valence-electron chi connectivity index (χ4n) is 2.33. The molecule has 1 aliphatic rings. The van der Waals surface area contributed by atoms with E-state index in [-0.39, 0.29) is 6.04 Å². The highest BCUT2D eigenvalue weighted by Gasteiger charge is 2.38. The van der Waals surface area contributed by atoms with Gasteiger partial charge in [0.05, 0.1) is 7.11 Å². The Balaban J connectivity index is 1.97. The quantitative estimate of drug-likeness (QED) is 0.813. The van der Waals surface area contributed by atoms with E-state index in [0.29, 0.717) is 5.90 Å². The van der Waals surface area contributed by atoms with Gasteiger partial charge in [0, 0.05) is 5.56 Å². The molecule has 4 heteroatoms. The zero-order valence-corrected chi connectivity index (χ0v) is 11.6. The number of benzene rings is 2. The molecule has 106 valence electrons. The molecule has 0 amide bonds. The lowest BCUT2D eigenvalue weighted by Crippen LogP contribution is -2.28. The number of carbonyl (C=O) groups excluding carboxylic acids is 1. The minimum Gasteiger partial charge on any atom is -0.466 e. The van der Waals surface area contributed by atoms with Crippen LogP contribution < -0.4 is 0 Å². The van der Waals surface area contributed by atoms with Crippen LogP contribution in [0.1, 0.15) is 17.2 Å². The smallest absolute Gasteiger partial charge is 0.349 e. The van der Waals surface area contributed by atoms with Crippen molar-refractivity contribution in [3.8, 4) is 0 Å². The van der Waals surface area contributed by atoms with Crippen LogP contribution in [-0.4, -0.2) is 25.1 Å². The molecule has 0 bridgehead atoms. The van der Waals surface area contributed by atoms with Crippen LogP contribution >= 0.6 is 0 Å². The molecule has 0 spiro atoms. The summed E-state index contributed by atoms with van der Waals surface area (Å²) < 4.78 is 10.6. The van der Waals surface area contributed by atoms with Crippen LogP contribution in [-0.2, 0) is 14.3 Å². The summed E-state index contributed by atoms with van der Waals surface area (Å²) in [4.78, 5) is 16.5. The van der Waals surface area contributed by atoms with Crippen molar-refractivity contribution >= 4 is 11.9 Å². The van der Waals surface area contributed by atoms with Crippen LogP contribution in [0, 0.1) is 0 Å². The van der Waals surface area contributed by atoms with Gasteiger partial charge >= 0.3 is 5.97 Å². The number of hydrogen-bond donors (Lipinski definition) is 0. The Kier molecular flexibility index (Phi) is 3.69. The second-order valence-electron chi connectivity index (χ2n) is 4.72. The van der Waals surface area contributed by atoms with E-state index < -0.39 is 12.1 Å². The second-order valence-corrected chi connectivity index (χ2v) is 4.72. The van der Waals surface area contributed by atoms with Crippen LogP contribution in [0.3, 0.4) is 0 Å². The summed E-state index contributed by atoms with van der Waals surface area (Å²) >= 11 is 0. The third-order valence-electron chi connectivity index (χ3n) is 3.38. The average molecular weight is 281 g/mol. The predicted octanol–water partition coefficient (Wildman–Crippen LogP) is 2.75. The Morgan fingerprint density at radius 3 is 2.29 bits per heavy atom. The summed E-state index contributed by atoms with van der Waals surface area (Å²) in [7, 11) is 1.36. The zero-order chi connectivity index (χ0) is 14.7. The minimum atomic E-state index is -0.743. The van der Waals surface area contributed by atoms with Crippen molar-refractivity contribution in [3.05, 3.63) is 71.8 Å². The Bertz CT molecular complexity index is 652. The van der Waals surface area contributed by atoms with E-state index in [4.69, 9.17) is 9.47 Å². The summed E-state index contributed by atoms with van der Waals surface area (Å²) in [6.45, 7) is 0. The van der Waals surface area contributed by atoms with Crippen molar-refractivity contribution < 1.29 is 14.3 Å². The maximum absolute atomic E-state index is 12.0. The average Bonchev–Trinajstić information content (AvgIpc) is 3.01. The molecule has 3 rings (SSSR count). The highest BCUT2D eigenvalue weighted by Crippen LogP contribution is 2.31. The van der Waals surface area contributed by atoms with Gasteiger partial charge in [-0.15, -0.1) is 0 Å². The number of nitrogens with zero attached hydrogens (tertiary/aromatic N) is 1. The number of ether oxygens (including phenoxy) is 2. The molecule has 0 saturated carbocycles. The Morgan fingerprint density at radius 1 is 1.05 bits per heavy atom. The molecular weight excluding hydrogens is 266 g/mol. The third kappa shape index (κ3) is 2.65. The zero-order valence-electron chi connectivity index (χ0n) is 11.6. The fourth-order valence-corrected chi connectivity index (χ4v) is 2.33. The number of aliphatic imine (C=N–C) groups is 1. The number of carbonyl (C=O) groups is 1. The molecule has 2 atom stereocenters. The molecule has 0 aliphatic carbocycles. The van der Waals surface area contributed by atoms with E-state index in [1.165, 1.54) is 7.11 Å². The van der Waals surface area contributed by atoms with Crippen molar-refractivity contribution in [2.24, 2.45) is 4.99 Å². The van der Waals surface area contributed by atoms with Gasteiger partial charge in [-0.1, -0.05) is 48.5 Å². The third-order valence-corrected chi connectivity index (χ3v) is 3.38. The highest BCUT2D eigenvalue weighted by atomic mass is 16.6. The molecular formula is C17H15NO3. The molecule has 1 heterocycles. The molecule has 2 aromatic carbocycles. The molecule has 1 aliphatic heterocycles. The van der Waals surface area contributed by atoms with Gasteiger partial charge < -0.3 is 9.47 Å². The number of esters is 1. The van der Waals surface area contributed by atoms with Gasteiger partial charge in [0.1, 0.15) is 6.04 Å². The molecule has 0 saturated heterocycles.